The van der Waals surface area contributed by atoms with E-state index < -0.39 is 0 Å². The molecule has 0 radical (unpaired) electrons. The van der Waals surface area contributed by atoms with Gasteiger partial charge in [-0.2, -0.15) is 0 Å². The summed E-state index contributed by atoms with van der Waals surface area (Å²) in [5.41, 5.74) is 6.46. The Morgan fingerprint density at radius 1 is 1.45 bits per heavy atom. The van der Waals surface area contributed by atoms with Crippen molar-refractivity contribution >= 4 is 37.0 Å². The second-order valence-corrected chi connectivity index (χ2v) is 3.35. The van der Waals surface area contributed by atoms with Crippen molar-refractivity contribution in [1.82, 2.24) is 0 Å². The molecule has 0 heterocycles. The SMILES string of the molecule is NCc1c[c]([Mg+])ccc1Cl.[Br-]. The fourth-order valence-corrected chi connectivity index (χ4v) is 1.34. The van der Waals surface area contributed by atoms with Gasteiger partial charge in [0, 0.05) is 0 Å². The maximum Gasteiger partial charge on any atom is -1.00 e. The van der Waals surface area contributed by atoms with Crippen LogP contribution in [-0.2, 0) is 6.54 Å². The van der Waals surface area contributed by atoms with Crippen molar-refractivity contribution in [3.8, 4) is 0 Å². The zero-order chi connectivity index (χ0) is 7.56. The molecule has 0 spiro atoms. The Hall–Kier alpha value is 0.716. The standard InChI is InChI=1S/C7H7ClN.BrH.Mg/c8-7-4-2-1-3-6(7)5-9;;/h2-4H,5,9H2;1H;/q;;+1/p-1. The maximum absolute atomic E-state index is 5.82. The molecule has 1 aromatic rings. The maximum atomic E-state index is 5.82. The van der Waals surface area contributed by atoms with Crippen LogP contribution in [0.25, 0.3) is 0 Å². The van der Waals surface area contributed by atoms with Crippen LogP contribution in [0.2, 0.25) is 5.02 Å². The van der Waals surface area contributed by atoms with Crippen LogP contribution in [-0.4, -0.2) is 21.7 Å². The van der Waals surface area contributed by atoms with E-state index in [1.165, 1.54) is 3.69 Å². The van der Waals surface area contributed by atoms with Crippen molar-refractivity contribution in [3.63, 3.8) is 0 Å². The first-order chi connectivity index (χ1) is 4.74. The summed E-state index contributed by atoms with van der Waals surface area (Å²) in [6.45, 7) is 0.519. The summed E-state index contributed by atoms with van der Waals surface area (Å²) in [5, 5.41) is 0.762. The van der Waals surface area contributed by atoms with Gasteiger partial charge in [-0.15, -0.1) is 0 Å². The van der Waals surface area contributed by atoms with Crippen molar-refractivity contribution in [2.45, 2.75) is 6.54 Å². The molecule has 0 aromatic heterocycles. The van der Waals surface area contributed by atoms with Gasteiger partial charge in [-0.3, -0.25) is 0 Å². The fraction of sp³-hybridized carbons (Fsp3) is 0.143. The molecule has 1 nitrogen and oxygen atoms in total. The van der Waals surface area contributed by atoms with Crippen LogP contribution in [0, 0.1) is 0 Å². The van der Waals surface area contributed by atoms with Gasteiger partial charge in [-0.1, -0.05) is 0 Å². The van der Waals surface area contributed by atoms with Gasteiger partial charge in [0.15, 0.2) is 0 Å². The molecule has 0 aliphatic carbocycles. The molecule has 0 amide bonds. The van der Waals surface area contributed by atoms with Crippen molar-refractivity contribution in [1.29, 1.82) is 0 Å². The normalized spacial score (nSPS) is 9.09. The van der Waals surface area contributed by atoms with E-state index in [1.807, 2.05) is 39.9 Å². The van der Waals surface area contributed by atoms with Crippen molar-refractivity contribution in [3.05, 3.63) is 28.8 Å². The molecule has 0 aliphatic heterocycles. The Kier molecular flexibility index (Phi) is 5.73. The number of benzene rings is 1. The molecule has 0 atom stereocenters. The molecule has 0 aliphatic rings. The summed E-state index contributed by atoms with van der Waals surface area (Å²) < 4.78 is 1.23. The zero-order valence-corrected chi connectivity index (χ0v) is 9.74. The number of hydrogen-bond acceptors (Lipinski definition) is 1. The Morgan fingerprint density at radius 2 is 2.09 bits per heavy atom. The zero-order valence-electron chi connectivity index (χ0n) is 5.98. The summed E-state index contributed by atoms with van der Waals surface area (Å²) in [7, 11) is 0. The monoisotopic (exact) mass is 243 g/mol. The van der Waals surface area contributed by atoms with E-state index in [9.17, 15) is 0 Å². The van der Waals surface area contributed by atoms with Gasteiger partial charge < -0.3 is 17.0 Å². The van der Waals surface area contributed by atoms with Crippen LogP contribution in [0.3, 0.4) is 0 Å². The molecule has 2 N–H and O–H groups in total. The second kappa shape index (κ2) is 5.38. The second-order valence-electron chi connectivity index (χ2n) is 2.13. The topological polar surface area (TPSA) is 26.0 Å². The van der Waals surface area contributed by atoms with Gasteiger partial charge in [-0.25, -0.2) is 0 Å². The minimum atomic E-state index is 0. The smallest absolute Gasteiger partial charge is 1.00 e. The van der Waals surface area contributed by atoms with E-state index in [1.54, 1.807) is 0 Å². The van der Waals surface area contributed by atoms with E-state index in [4.69, 9.17) is 17.3 Å². The first-order valence-corrected chi connectivity index (χ1v) is 4.13. The van der Waals surface area contributed by atoms with Crippen LogP contribution >= 0.6 is 11.6 Å². The van der Waals surface area contributed by atoms with Gasteiger partial charge in [0.2, 0.25) is 0 Å². The molecule has 1 aromatic carbocycles. The van der Waals surface area contributed by atoms with E-state index in [0.717, 1.165) is 10.6 Å². The quantitative estimate of drug-likeness (QED) is 0.548. The van der Waals surface area contributed by atoms with Crippen molar-refractivity contribution in [2.75, 3.05) is 0 Å². The molecular formula is C7H7BrClMgN. The van der Waals surface area contributed by atoms with Crippen LogP contribution < -0.4 is 26.4 Å². The average Bonchev–Trinajstić information content (AvgIpc) is 1.94. The van der Waals surface area contributed by atoms with Crippen LogP contribution in [0.5, 0.6) is 0 Å². The average molecular weight is 245 g/mol. The number of hydrogen-bond donors (Lipinski definition) is 1. The van der Waals surface area contributed by atoms with E-state index >= 15 is 0 Å². The third-order valence-corrected chi connectivity index (χ3v) is 2.14. The largest absolute Gasteiger partial charge is 1.00 e. The van der Waals surface area contributed by atoms with Crippen LogP contribution in [0.15, 0.2) is 18.2 Å². The molecule has 0 bridgehead atoms. The first-order valence-electron chi connectivity index (χ1n) is 3.04. The summed E-state index contributed by atoms with van der Waals surface area (Å²) in [4.78, 5) is 0. The van der Waals surface area contributed by atoms with E-state index in [0.29, 0.717) is 6.54 Å². The van der Waals surface area contributed by atoms with Gasteiger partial charge in [0.05, 0.1) is 0 Å². The van der Waals surface area contributed by atoms with Gasteiger partial charge in [0.1, 0.15) is 0 Å². The van der Waals surface area contributed by atoms with E-state index in [2.05, 4.69) is 0 Å². The molecule has 4 heteroatoms. The predicted octanol–water partition coefficient (Wildman–Crippen LogP) is -2.40. The minimum Gasteiger partial charge on any atom is -1.00 e. The Labute approximate surface area is 94.5 Å². The summed E-state index contributed by atoms with van der Waals surface area (Å²) in [6, 6.07) is 5.88. The molecule has 0 fully saturated rings. The third-order valence-electron chi connectivity index (χ3n) is 1.33. The molecular weight excluding hydrogens is 238 g/mol. The van der Waals surface area contributed by atoms with Crippen molar-refractivity contribution in [2.24, 2.45) is 5.73 Å². The summed E-state index contributed by atoms with van der Waals surface area (Å²) in [6.07, 6.45) is 0. The number of nitrogens with two attached hydrogens (primary N) is 1. The molecule has 0 unspecified atom stereocenters. The fourth-order valence-electron chi connectivity index (χ4n) is 0.785. The minimum absolute atomic E-state index is 0. The molecule has 0 saturated heterocycles. The molecule has 1 rings (SSSR count). The van der Waals surface area contributed by atoms with Crippen LogP contribution in [0.1, 0.15) is 5.56 Å². The first kappa shape index (κ1) is 11.7. The van der Waals surface area contributed by atoms with E-state index in [-0.39, 0.29) is 17.0 Å². The van der Waals surface area contributed by atoms with Gasteiger partial charge >= 0.3 is 78.1 Å². The molecule has 56 valence electrons. The van der Waals surface area contributed by atoms with Crippen molar-refractivity contribution < 1.29 is 17.0 Å². The molecule has 0 saturated carbocycles. The summed E-state index contributed by atoms with van der Waals surface area (Å²) >= 11 is 7.65. The predicted molar refractivity (Wildman–Crippen MR) is 44.7 cm³/mol. The number of halogens is 2. The van der Waals surface area contributed by atoms with Crippen LogP contribution in [0.4, 0.5) is 0 Å². The number of rotatable bonds is 1. The Balaban J connectivity index is 0.000001000. The van der Waals surface area contributed by atoms with Gasteiger partial charge in [-0.05, 0) is 0 Å². The summed E-state index contributed by atoms with van der Waals surface area (Å²) in [5.74, 6) is 0. The third kappa shape index (κ3) is 3.30. The Bertz CT molecular complexity index is 242. The molecule has 11 heavy (non-hydrogen) atoms. The Morgan fingerprint density at radius 3 is 2.55 bits per heavy atom. The van der Waals surface area contributed by atoms with Gasteiger partial charge in [0.25, 0.3) is 0 Å².